The molecule has 1 aliphatic rings. The minimum Gasteiger partial charge on any atom is -0.494 e. The second kappa shape index (κ2) is 12.0. The van der Waals surface area contributed by atoms with Crippen molar-refractivity contribution in [3.8, 4) is 5.75 Å². The van der Waals surface area contributed by atoms with Crippen LogP contribution in [0.4, 0.5) is 0 Å². The molecule has 0 aromatic heterocycles. The molecular weight excluding hydrogens is 413 g/mol. The van der Waals surface area contributed by atoms with Gasteiger partial charge in [-0.15, -0.1) is 24.8 Å². The molecule has 0 saturated heterocycles. The fraction of sp³-hybridized carbons (Fsp3) is 0.667. The van der Waals surface area contributed by atoms with Gasteiger partial charge in [0.1, 0.15) is 11.3 Å². The molecule has 0 radical (unpaired) electrons. The molecule has 0 heterocycles. The minimum atomic E-state index is -0.887. The Kier molecular flexibility index (Phi) is 11.5. The lowest BCUT2D eigenvalue weighted by Gasteiger charge is -2.57. The number of rotatable bonds is 10. The molecule has 3 N–H and O–H groups in total. The first kappa shape index (κ1) is 27.9. The summed E-state index contributed by atoms with van der Waals surface area (Å²) < 4.78 is 11.4. The van der Waals surface area contributed by atoms with E-state index >= 15 is 0 Å². The maximum Gasteiger partial charge on any atom is 0.241 e. The summed E-state index contributed by atoms with van der Waals surface area (Å²) in [5.74, 6) is 0.728. The number of ether oxygens (including phenoxy) is 2. The molecule has 1 fully saturated rings. The summed E-state index contributed by atoms with van der Waals surface area (Å²) in [5.41, 5.74) is 6.16. The molecule has 29 heavy (non-hydrogen) atoms. The van der Waals surface area contributed by atoms with Crippen LogP contribution >= 0.6 is 24.8 Å². The lowest BCUT2D eigenvalue weighted by molar-refractivity contribution is -0.170. The highest BCUT2D eigenvalue weighted by Crippen LogP contribution is 2.49. The molecule has 0 bridgehead atoms. The van der Waals surface area contributed by atoms with Crippen LogP contribution in [0.1, 0.15) is 39.2 Å². The number of nitrogens with two attached hydrogens (primary N) is 1. The first-order chi connectivity index (χ1) is 12.7. The zero-order valence-electron chi connectivity index (χ0n) is 18.2. The lowest BCUT2D eigenvalue weighted by Crippen LogP contribution is -2.75. The van der Waals surface area contributed by atoms with Crippen LogP contribution in [0.5, 0.6) is 5.75 Å². The van der Waals surface area contributed by atoms with Gasteiger partial charge in [0.15, 0.2) is 0 Å². The molecule has 0 spiro atoms. The van der Waals surface area contributed by atoms with E-state index in [2.05, 4.69) is 24.3 Å². The summed E-state index contributed by atoms with van der Waals surface area (Å²) in [6, 6.07) is 7.82. The zero-order valence-corrected chi connectivity index (χ0v) is 19.8. The van der Waals surface area contributed by atoms with Crippen LogP contribution in [0.2, 0.25) is 0 Å². The van der Waals surface area contributed by atoms with Crippen LogP contribution in [-0.4, -0.2) is 56.3 Å². The summed E-state index contributed by atoms with van der Waals surface area (Å²) >= 11 is 0. The van der Waals surface area contributed by atoms with Gasteiger partial charge in [0.05, 0.1) is 12.7 Å². The number of hydrogen-bond acceptors (Lipinski definition) is 5. The van der Waals surface area contributed by atoms with Gasteiger partial charge < -0.3 is 25.4 Å². The zero-order chi connectivity index (χ0) is 20.1. The number of benzene rings is 1. The molecule has 2 atom stereocenters. The smallest absolute Gasteiger partial charge is 0.241 e. The molecule has 0 aliphatic heterocycles. The third-order valence-corrected chi connectivity index (χ3v) is 5.63. The summed E-state index contributed by atoms with van der Waals surface area (Å²) in [6.45, 7) is 8.74. The predicted octanol–water partition coefficient (Wildman–Crippen LogP) is 3.01. The third-order valence-electron chi connectivity index (χ3n) is 5.63. The highest BCUT2D eigenvalue weighted by molar-refractivity contribution is 5.88. The van der Waals surface area contributed by atoms with E-state index in [1.807, 2.05) is 45.0 Å². The van der Waals surface area contributed by atoms with E-state index in [-0.39, 0.29) is 42.2 Å². The number of amides is 1. The van der Waals surface area contributed by atoms with E-state index in [0.29, 0.717) is 26.2 Å². The van der Waals surface area contributed by atoms with E-state index in [9.17, 15) is 4.79 Å². The SMILES string of the molecule is CCOC1CC(N)(C(=O)NCc2ccc(OCCCN(C)C)cc2)C1(C)C.Cl.Cl. The summed E-state index contributed by atoms with van der Waals surface area (Å²) in [6.07, 6.45) is 1.57. The number of carbonyl (C=O) groups excluding carboxylic acids is 1. The first-order valence-electron chi connectivity index (χ1n) is 9.76. The second-order valence-electron chi connectivity index (χ2n) is 8.17. The molecule has 6 nitrogen and oxygen atoms in total. The van der Waals surface area contributed by atoms with Gasteiger partial charge in [-0.2, -0.15) is 0 Å². The average Bonchev–Trinajstić information content (AvgIpc) is 2.63. The standard InChI is InChI=1S/C21H35N3O3.2ClH/c1-6-26-18-14-21(22,20(18,2)3)19(25)23-15-16-8-10-17(11-9-16)27-13-7-12-24(4)5;;/h8-11,18H,6-7,12-15,22H2,1-5H3,(H,23,25);2*1H. The summed E-state index contributed by atoms with van der Waals surface area (Å²) in [4.78, 5) is 14.8. The van der Waals surface area contributed by atoms with Crippen molar-refractivity contribution in [1.29, 1.82) is 0 Å². The van der Waals surface area contributed by atoms with Gasteiger partial charge >= 0.3 is 0 Å². The second-order valence-corrected chi connectivity index (χ2v) is 8.17. The minimum absolute atomic E-state index is 0. The fourth-order valence-corrected chi connectivity index (χ4v) is 3.43. The van der Waals surface area contributed by atoms with Crippen LogP contribution in [-0.2, 0) is 16.1 Å². The van der Waals surface area contributed by atoms with Gasteiger partial charge in [-0.1, -0.05) is 26.0 Å². The number of nitrogens with one attached hydrogen (secondary N) is 1. The van der Waals surface area contributed by atoms with E-state index < -0.39 is 5.54 Å². The van der Waals surface area contributed by atoms with Crippen molar-refractivity contribution in [2.75, 3.05) is 33.9 Å². The highest BCUT2D eigenvalue weighted by atomic mass is 35.5. The Hall–Kier alpha value is -1.05. The van der Waals surface area contributed by atoms with E-state index in [0.717, 1.165) is 24.3 Å². The van der Waals surface area contributed by atoms with Crippen molar-refractivity contribution in [2.45, 2.75) is 51.8 Å². The van der Waals surface area contributed by atoms with Crippen LogP contribution in [0.15, 0.2) is 24.3 Å². The molecule has 168 valence electrons. The average molecular weight is 450 g/mol. The van der Waals surface area contributed by atoms with Crippen LogP contribution in [0.25, 0.3) is 0 Å². The van der Waals surface area contributed by atoms with Crippen molar-refractivity contribution >= 4 is 30.7 Å². The molecule has 2 unspecified atom stereocenters. The highest BCUT2D eigenvalue weighted by Gasteiger charge is 2.62. The molecule has 1 saturated carbocycles. The summed E-state index contributed by atoms with van der Waals surface area (Å²) in [7, 11) is 4.10. The van der Waals surface area contributed by atoms with Crippen molar-refractivity contribution in [3.63, 3.8) is 0 Å². The Morgan fingerprint density at radius 3 is 2.38 bits per heavy atom. The van der Waals surface area contributed by atoms with E-state index in [4.69, 9.17) is 15.2 Å². The van der Waals surface area contributed by atoms with E-state index in [1.54, 1.807) is 0 Å². The number of hydrogen-bond donors (Lipinski definition) is 2. The van der Waals surface area contributed by atoms with Crippen molar-refractivity contribution in [2.24, 2.45) is 11.1 Å². The quantitative estimate of drug-likeness (QED) is 0.536. The molecule has 8 heteroatoms. The lowest BCUT2D eigenvalue weighted by atomic mass is 9.54. The largest absolute Gasteiger partial charge is 0.494 e. The first-order valence-corrected chi connectivity index (χ1v) is 9.76. The molecule has 1 aromatic carbocycles. The Morgan fingerprint density at radius 1 is 1.24 bits per heavy atom. The number of nitrogens with zero attached hydrogens (tertiary/aromatic N) is 1. The van der Waals surface area contributed by atoms with Crippen LogP contribution < -0.4 is 15.8 Å². The Morgan fingerprint density at radius 2 is 1.86 bits per heavy atom. The summed E-state index contributed by atoms with van der Waals surface area (Å²) in [5, 5.41) is 2.98. The normalized spacial score (nSPS) is 22.1. The van der Waals surface area contributed by atoms with Gasteiger partial charge in [0.2, 0.25) is 5.91 Å². The molecular formula is C21H37Cl2N3O3. The fourth-order valence-electron chi connectivity index (χ4n) is 3.43. The van der Waals surface area contributed by atoms with Crippen LogP contribution in [0, 0.1) is 5.41 Å². The third kappa shape index (κ3) is 6.72. The molecule has 1 aromatic rings. The van der Waals surface area contributed by atoms with Crippen molar-refractivity contribution in [3.05, 3.63) is 29.8 Å². The number of carbonyl (C=O) groups is 1. The van der Waals surface area contributed by atoms with Gasteiger partial charge in [0, 0.05) is 31.5 Å². The van der Waals surface area contributed by atoms with Crippen molar-refractivity contribution < 1.29 is 14.3 Å². The molecule has 2 rings (SSSR count). The maximum absolute atomic E-state index is 12.7. The van der Waals surface area contributed by atoms with Crippen LogP contribution in [0.3, 0.4) is 0 Å². The van der Waals surface area contributed by atoms with Gasteiger partial charge in [0.25, 0.3) is 0 Å². The van der Waals surface area contributed by atoms with E-state index in [1.165, 1.54) is 0 Å². The Labute approximate surface area is 187 Å². The monoisotopic (exact) mass is 449 g/mol. The number of halogens is 2. The molecule has 1 amide bonds. The maximum atomic E-state index is 12.7. The van der Waals surface area contributed by atoms with Gasteiger partial charge in [-0.25, -0.2) is 0 Å². The predicted molar refractivity (Wildman–Crippen MR) is 122 cm³/mol. The topological polar surface area (TPSA) is 76.8 Å². The van der Waals surface area contributed by atoms with Gasteiger partial charge in [-0.3, -0.25) is 4.79 Å². The molecule has 1 aliphatic carbocycles. The van der Waals surface area contributed by atoms with Gasteiger partial charge in [-0.05, 0) is 45.1 Å². The Bertz CT molecular complexity index is 626. The van der Waals surface area contributed by atoms with Crippen molar-refractivity contribution in [1.82, 2.24) is 10.2 Å². The Balaban J connectivity index is 0.00000392.